The van der Waals surface area contributed by atoms with E-state index in [0.717, 1.165) is 12.1 Å². The molecular weight excluding hydrogens is 339 g/mol. The standard InChI is InChI=1S/C13H7BrF3NO2/c14-6-1-4-10(9(16)5-6)18-12-7(13(19)20)2-3-8(15)11(12)17/h1-5,18H,(H,19,20). The summed E-state index contributed by atoms with van der Waals surface area (Å²) in [4.78, 5) is 11.0. The number of carboxylic acid groups (broad SMARTS) is 1. The molecule has 0 saturated heterocycles. The number of benzene rings is 2. The predicted molar refractivity (Wildman–Crippen MR) is 70.7 cm³/mol. The van der Waals surface area contributed by atoms with Gasteiger partial charge in [0.1, 0.15) is 5.82 Å². The number of rotatable bonds is 3. The molecule has 3 nitrogen and oxygen atoms in total. The van der Waals surface area contributed by atoms with E-state index >= 15 is 0 Å². The van der Waals surface area contributed by atoms with Gasteiger partial charge in [0.05, 0.1) is 16.9 Å². The van der Waals surface area contributed by atoms with Crippen molar-refractivity contribution < 1.29 is 23.1 Å². The third-order valence-corrected chi connectivity index (χ3v) is 3.01. The van der Waals surface area contributed by atoms with Crippen LogP contribution in [-0.4, -0.2) is 11.1 Å². The molecule has 2 aromatic rings. The molecule has 0 atom stereocenters. The Balaban J connectivity index is 2.52. The van der Waals surface area contributed by atoms with Crippen molar-refractivity contribution in [3.8, 4) is 0 Å². The van der Waals surface area contributed by atoms with Gasteiger partial charge in [0.2, 0.25) is 0 Å². The average molecular weight is 346 g/mol. The van der Waals surface area contributed by atoms with Crippen LogP contribution >= 0.6 is 15.9 Å². The molecule has 7 heteroatoms. The molecule has 0 aliphatic heterocycles. The predicted octanol–water partition coefficient (Wildman–Crippen LogP) is 4.31. The van der Waals surface area contributed by atoms with Gasteiger partial charge in [0.25, 0.3) is 0 Å². The van der Waals surface area contributed by atoms with E-state index in [1.165, 1.54) is 12.1 Å². The highest BCUT2D eigenvalue weighted by Gasteiger charge is 2.19. The summed E-state index contributed by atoms with van der Waals surface area (Å²) in [5, 5.41) is 11.2. The molecule has 0 aromatic heterocycles. The van der Waals surface area contributed by atoms with Crippen LogP contribution in [0.3, 0.4) is 0 Å². The first-order chi connectivity index (χ1) is 9.40. The van der Waals surface area contributed by atoms with Gasteiger partial charge in [-0.05, 0) is 30.3 Å². The van der Waals surface area contributed by atoms with Gasteiger partial charge in [-0.3, -0.25) is 0 Å². The van der Waals surface area contributed by atoms with Crippen LogP contribution in [-0.2, 0) is 0 Å². The second kappa shape index (κ2) is 5.54. The van der Waals surface area contributed by atoms with Gasteiger partial charge in [-0.1, -0.05) is 15.9 Å². The van der Waals surface area contributed by atoms with Crippen molar-refractivity contribution >= 4 is 33.3 Å². The monoisotopic (exact) mass is 345 g/mol. The maximum absolute atomic E-state index is 13.7. The maximum atomic E-state index is 13.7. The number of aromatic carboxylic acids is 1. The van der Waals surface area contributed by atoms with Crippen LogP contribution in [0.15, 0.2) is 34.8 Å². The lowest BCUT2D eigenvalue weighted by molar-refractivity contribution is 0.0697. The second-order valence-corrected chi connectivity index (χ2v) is 4.75. The fourth-order valence-electron chi connectivity index (χ4n) is 1.58. The third kappa shape index (κ3) is 2.77. The zero-order chi connectivity index (χ0) is 14.9. The first-order valence-corrected chi connectivity index (χ1v) is 6.13. The largest absolute Gasteiger partial charge is 0.478 e. The number of carbonyl (C=O) groups is 1. The number of hydrogen-bond acceptors (Lipinski definition) is 2. The average Bonchev–Trinajstić information content (AvgIpc) is 2.37. The first kappa shape index (κ1) is 14.4. The highest BCUT2D eigenvalue weighted by molar-refractivity contribution is 9.10. The highest BCUT2D eigenvalue weighted by Crippen LogP contribution is 2.28. The van der Waals surface area contributed by atoms with Crippen LogP contribution in [0.25, 0.3) is 0 Å². The van der Waals surface area contributed by atoms with E-state index in [1.54, 1.807) is 0 Å². The second-order valence-electron chi connectivity index (χ2n) is 3.84. The van der Waals surface area contributed by atoms with Gasteiger partial charge in [-0.2, -0.15) is 0 Å². The zero-order valence-electron chi connectivity index (χ0n) is 9.75. The topological polar surface area (TPSA) is 49.3 Å². The molecule has 2 N–H and O–H groups in total. The molecule has 0 bridgehead atoms. The lowest BCUT2D eigenvalue weighted by Crippen LogP contribution is -2.07. The molecule has 0 fully saturated rings. The summed E-state index contributed by atoms with van der Waals surface area (Å²) in [7, 11) is 0. The van der Waals surface area contributed by atoms with Crippen LogP contribution in [0.1, 0.15) is 10.4 Å². The van der Waals surface area contributed by atoms with Gasteiger partial charge in [-0.25, -0.2) is 18.0 Å². The Morgan fingerprint density at radius 3 is 2.40 bits per heavy atom. The SMILES string of the molecule is O=C(O)c1ccc(F)c(F)c1Nc1ccc(Br)cc1F. The lowest BCUT2D eigenvalue weighted by Gasteiger charge is -2.12. The van der Waals surface area contributed by atoms with Crippen molar-refractivity contribution in [1.82, 2.24) is 0 Å². The number of hydrogen-bond donors (Lipinski definition) is 2. The Hall–Kier alpha value is -2.02. The third-order valence-electron chi connectivity index (χ3n) is 2.52. The Morgan fingerprint density at radius 2 is 1.80 bits per heavy atom. The molecule has 20 heavy (non-hydrogen) atoms. The van der Waals surface area contributed by atoms with Gasteiger partial charge in [-0.15, -0.1) is 0 Å². The molecule has 2 aromatic carbocycles. The molecule has 0 saturated carbocycles. The Bertz CT molecular complexity index is 692. The van der Waals surface area contributed by atoms with E-state index in [9.17, 15) is 18.0 Å². The number of carboxylic acids is 1. The summed E-state index contributed by atoms with van der Waals surface area (Å²) in [6.45, 7) is 0. The molecule has 0 aliphatic carbocycles. The van der Waals surface area contributed by atoms with E-state index in [-0.39, 0.29) is 5.69 Å². The summed E-state index contributed by atoms with van der Waals surface area (Å²) in [6.07, 6.45) is 0. The molecule has 2 rings (SSSR count). The number of anilines is 2. The fourth-order valence-corrected chi connectivity index (χ4v) is 1.91. The van der Waals surface area contributed by atoms with Gasteiger partial charge < -0.3 is 10.4 Å². The minimum atomic E-state index is -1.45. The molecule has 0 unspecified atom stereocenters. The van der Waals surface area contributed by atoms with Crippen molar-refractivity contribution in [3.63, 3.8) is 0 Å². The van der Waals surface area contributed by atoms with Crippen LogP contribution < -0.4 is 5.32 Å². The molecular formula is C13H7BrF3NO2. The molecule has 0 spiro atoms. The summed E-state index contributed by atoms with van der Waals surface area (Å²) < 4.78 is 41.0. The van der Waals surface area contributed by atoms with Crippen molar-refractivity contribution in [2.45, 2.75) is 0 Å². The highest BCUT2D eigenvalue weighted by atomic mass is 79.9. The minimum absolute atomic E-state index is 0.166. The van der Waals surface area contributed by atoms with E-state index in [0.29, 0.717) is 10.5 Å². The summed E-state index contributed by atoms with van der Waals surface area (Å²) in [5.41, 5.74) is -1.29. The van der Waals surface area contributed by atoms with E-state index in [1.807, 2.05) is 0 Å². The first-order valence-electron chi connectivity index (χ1n) is 5.33. The summed E-state index contributed by atoms with van der Waals surface area (Å²) in [6, 6.07) is 5.46. The minimum Gasteiger partial charge on any atom is -0.478 e. The van der Waals surface area contributed by atoms with Gasteiger partial charge in [0, 0.05) is 4.47 Å². The number of halogens is 4. The van der Waals surface area contributed by atoms with Crippen molar-refractivity contribution in [3.05, 3.63) is 57.8 Å². The van der Waals surface area contributed by atoms with Crippen molar-refractivity contribution in [2.75, 3.05) is 5.32 Å². The van der Waals surface area contributed by atoms with Gasteiger partial charge >= 0.3 is 5.97 Å². The zero-order valence-corrected chi connectivity index (χ0v) is 11.3. The normalized spacial score (nSPS) is 10.4. The lowest BCUT2D eigenvalue weighted by atomic mass is 10.1. The quantitative estimate of drug-likeness (QED) is 0.871. The Labute approximate surface area is 120 Å². The van der Waals surface area contributed by atoms with Crippen molar-refractivity contribution in [2.24, 2.45) is 0 Å². The van der Waals surface area contributed by atoms with Crippen LogP contribution in [0.4, 0.5) is 24.5 Å². The van der Waals surface area contributed by atoms with Gasteiger partial charge in [0.15, 0.2) is 11.6 Å². The molecule has 0 aliphatic rings. The van der Waals surface area contributed by atoms with E-state index < -0.39 is 34.7 Å². The molecule has 0 heterocycles. The Kier molecular flexibility index (Phi) is 3.99. The smallest absolute Gasteiger partial charge is 0.337 e. The molecule has 104 valence electrons. The number of nitrogens with one attached hydrogen (secondary N) is 1. The van der Waals surface area contributed by atoms with E-state index in [2.05, 4.69) is 21.2 Å². The molecule has 0 amide bonds. The van der Waals surface area contributed by atoms with Crippen molar-refractivity contribution in [1.29, 1.82) is 0 Å². The van der Waals surface area contributed by atoms with Crippen LogP contribution in [0.2, 0.25) is 0 Å². The van der Waals surface area contributed by atoms with Crippen LogP contribution in [0, 0.1) is 17.5 Å². The van der Waals surface area contributed by atoms with E-state index in [4.69, 9.17) is 5.11 Å². The maximum Gasteiger partial charge on any atom is 0.337 e. The molecule has 0 radical (unpaired) electrons. The van der Waals surface area contributed by atoms with Crippen LogP contribution in [0.5, 0.6) is 0 Å². The Morgan fingerprint density at radius 1 is 1.10 bits per heavy atom. The fraction of sp³-hybridized carbons (Fsp3) is 0. The summed E-state index contributed by atoms with van der Waals surface area (Å²) >= 11 is 3.05. The summed E-state index contributed by atoms with van der Waals surface area (Å²) in [5.74, 6) is -4.80.